The first-order valence-electron chi connectivity index (χ1n) is 6.86. The van der Waals surface area contributed by atoms with E-state index in [0.29, 0.717) is 0 Å². The third-order valence-corrected chi connectivity index (χ3v) is 4.92. The zero-order chi connectivity index (χ0) is 14.1. The molecule has 0 aliphatic heterocycles. The molecule has 1 aromatic carbocycles. The van der Waals surface area contributed by atoms with E-state index in [4.69, 9.17) is 0 Å². The Hall–Kier alpha value is -1.23. The molecule has 0 unspecified atom stereocenters. The number of unbranched alkanes of at least 4 members (excludes halogenated alkanes) is 2. The molecule has 0 radical (unpaired) electrons. The molecule has 0 saturated carbocycles. The second kappa shape index (κ2) is 8.80. The van der Waals surface area contributed by atoms with Gasteiger partial charge in [-0.1, -0.05) is 26.7 Å². The van der Waals surface area contributed by atoms with Gasteiger partial charge >= 0.3 is 0 Å². The molecule has 1 N–H and O–H groups in total. The lowest BCUT2D eigenvalue weighted by Gasteiger charge is -2.09. The molecule has 19 heavy (non-hydrogen) atoms. The Bertz CT molecular complexity index is 374. The largest absolute Gasteiger partial charge is 0.269 e. The van der Waals surface area contributed by atoms with Gasteiger partial charge in [-0.15, -0.1) is 0 Å². The molecule has 0 aromatic heterocycles. The second-order valence-electron chi connectivity index (χ2n) is 4.51. The quantitative estimate of drug-likeness (QED) is 0.421. The lowest BCUT2D eigenvalue weighted by Crippen LogP contribution is -2.21. The van der Waals surface area contributed by atoms with Gasteiger partial charge in [0.1, 0.15) is 11.5 Å². The Kier molecular flexibility index (Phi) is 7.33. The van der Waals surface area contributed by atoms with Gasteiger partial charge in [-0.2, -0.15) is 0 Å². The number of nitrogens with zero attached hydrogens (tertiary/aromatic N) is 1. The lowest BCUT2D eigenvalue weighted by atomic mass is 10.3. The predicted molar refractivity (Wildman–Crippen MR) is 83.6 cm³/mol. The molecule has 0 amide bonds. The molecule has 5 heteroatoms. The van der Waals surface area contributed by atoms with Gasteiger partial charge in [0.05, 0.1) is 21.7 Å². The highest BCUT2D eigenvalue weighted by molar-refractivity contribution is 7.98. The normalized spacial score (nSPS) is 10.7. The van der Waals surface area contributed by atoms with E-state index in [1.165, 1.54) is 37.2 Å². The summed E-state index contributed by atoms with van der Waals surface area (Å²) in [6, 6.07) is 6.72. The lowest BCUT2D eigenvalue weighted by molar-refractivity contribution is -0.384. The Morgan fingerprint density at radius 2 is 1.63 bits per heavy atom. The Labute approximate surface area is 118 Å². The average molecular weight is 283 g/mol. The number of nitro groups is 1. The van der Waals surface area contributed by atoms with E-state index >= 15 is 0 Å². The number of hydrogen-bond donors (Lipinski definition) is 1. The molecule has 4 nitrogen and oxygen atoms in total. The molecule has 1 rings (SSSR count). The van der Waals surface area contributed by atoms with Crippen molar-refractivity contribution in [3.05, 3.63) is 34.4 Å². The first-order valence-corrected chi connectivity index (χ1v) is 8.42. The van der Waals surface area contributed by atoms with Gasteiger partial charge < -0.3 is 0 Å². The van der Waals surface area contributed by atoms with Crippen molar-refractivity contribution >= 4 is 22.5 Å². The number of nitrogens with one attached hydrogen (secondary N) is 1. The second-order valence-corrected chi connectivity index (χ2v) is 6.52. The van der Waals surface area contributed by atoms with E-state index in [2.05, 4.69) is 18.6 Å². The number of nitro benzene ring substituents is 1. The van der Waals surface area contributed by atoms with Gasteiger partial charge in [-0.25, -0.2) is 4.72 Å². The molecule has 0 heterocycles. The van der Waals surface area contributed by atoms with Crippen LogP contribution >= 0.6 is 0 Å². The summed E-state index contributed by atoms with van der Waals surface area (Å²) in [7, 11) is 0. The van der Waals surface area contributed by atoms with Gasteiger partial charge in [-0.05, 0) is 25.0 Å². The predicted octanol–water partition coefficient (Wildman–Crippen LogP) is 4.14. The number of rotatable bonds is 9. The topological polar surface area (TPSA) is 55.2 Å². The minimum atomic E-state index is -0.363. The number of hydrogen-bond acceptors (Lipinski definition) is 3. The van der Waals surface area contributed by atoms with Crippen LogP contribution in [-0.4, -0.2) is 16.4 Å². The fourth-order valence-corrected chi connectivity index (χ4v) is 3.81. The van der Waals surface area contributed by atoms with E-state index in [1.807, 2.05) is 0 Å². The fourth-order valence-electron chi connectivity index (χ4n) is 1.66. The van der Waals surface area contributed by atoms with E-state index in [-0.39, 0.29) is 21.7 Å². The molecular weight excluding hydrogens is 260 g/mol. The summed E-state index contributed by atoms with van der Waals surface area (Å²) in [4.78, 5) is 10.2. The van der Waals surface area contributed by atoms with E-state index in [1.54, 1.807) is 24.3 Å². The Balaban J connectivity index is 2.58. The Morgan fingerprint density at radius 3 is 2.05 bits per heavy atom. The van der Waals surface area contributed by atoms with Crippen molar-refractivity contribution in [1.82, 2.24) is 0 Å². The van der Waals surface area contributed by atoms with Crippen molar-refractivity contribution in [3.8, 4) is 0 Å². The van der Waals surface area contributed by atoms with Crippen LogP contribution in [0.1, 0.15) is 39.5 Å². The zero-order valence-electron chi connectivity index (χ0n) is 11.7. The van der Waals surface area contributed by atoms with Crippen LogP contribution in [0.3, 0.4) is 0 Å². The molecule has 0 saturated heterocycles. The molecule has 106 valence electrons. The van der Waals surface area contributed by atoms with Gasteiger partial charge in [-0.3, -0.25) is 10.1 Å². The molecular formula is C14H23N2O2S+. The van der Waals surface area contributed by atoms with Crippen molar-refractivity contribution in [2.45, 2.75) is 39.5 Å². The van der Waals surface area contributed by atoms with Crippen LogP contribution in [0.4, 0.5) is 11.4 Å². The summed E-state index contributed by atoms with van der Waals surface area (Å²) >= 11 is 0.188. The van der Waals surface area contributed by atoms with Crippen LogP contribution in [0.25, 0.3) is 0 Å². The van der Waals surface area contributed by atoms with E-state index in [9.17, 15) is 10.1 Å². The fraction of sp³-hybridized carbons (Fsp3) is 0.571. The maximum Gasteiger partial charge on any atom is 0.269 e. The minimum absolute atomic E-state index is 0.146. The molecule has 0 atom stereocenters. The van der Waals surface area contributed by atoms with Crippen molar-refractivity contribution in [1.29, 1.82) is 0 Å². The van der Waals surface area contributed by atoms with Gasteiger partial charge in [0.25, 0.3) is 5.69 Å². The standard InChI is InChI=1S/C14H23N2O2S/c1-3-5-11-19(12-6-4-2)15-13-7-9-14(10-8-13)16(17)18/h7-10,15H,3-6,11-12H2,1-2H3/q+1. The first kappa shape index (κ1) is 15.8. The summed E-state index contributed by atoms with van der Waals surface area (Å²) < 4.78 is 3.52. The third-order valence-electron chi connectivity index (χ3n) is 2.83. The van der Waals surface area contributed by atoms with Crippen LogP contribution in [0.2, 0.25) is 0 Å². The first-order chi connectivity index (χ1) is 9.17. The van der Waals surface area contributed by atoms with Crippen molar-refractivity contribution in [2.24, 2.45) is 0 Å². The van der Waals surface area contributed by atoms with Crippen LogP contribution in [0.15, 0.2) is 24.3 Å². The molecule has 0 fully saturated rings. The van der Waals surface area contributed by atoms with E-state index in [0.717, 1.165) is 5.69 Å². The summed E-state index contributed by atoms with van der Waals surface area (Å²) in [5, 5.41) is 10.6. The maximum atomic E-state index is 10.6. The van der Waals surface area contributed by atoms with Crippen LogP contribution in [0, 0.1) is 10.1 Å². The Morgan fingerprint density at radius 1 is 1.11 bits per heavy atom. The summed E-state index contributed by atoms with van der Waals surface area (Å²) in [5.41, 5.74) is 1.13. The van der Waals surface area contributed by atoms with Gasteiger partial charge in [0.15, 0.2) is 0 Å². The summed E-state index contributed by atoms with van der Waals surface area (Å²) in [6.07, 6.45) is 4.87. The zero-order valence-corrected chi connectivity index (χ0v) is 12.5. The van der Waals surface area contributed by atoms with Crippen LogP contribution in [0.5, 0.6) is 0 Å². The van der Waals surface area contributed by atoms with Crippen molar-refractivity contribution in [3.63, 3.8) is 0 Å². The highest BCUT2D eigenvalue weighted by atomic mass is 32.2. The van der Waals surface area contributed by atoms with E-state index < -0.39 is 0 Å². The smallest absolute Gasteiger partial charge is 0.258 e. The average Bonchev–Trinajstić information content (AvgIpc) is 2.42. The third kappa shape index (κ3) is 5.96. The summed E-state index contributed by atoms with van der Waals surface area (Å²) in [6.45, 7) is 4.40. The van der Waals surface area contributed by atoms with Crippen molar-refractivity contribution in [2.75, 3.05) is 16.2 Å². The minimum Gasteiger partial charge on any atom is -0.258 e. The summed E-state index contributed by atoms with van der Waals surface area (Å²) in [5.74, 6) is 2.38. The molecule has 0 bridgehead atoms. The van der Waals surface area contributed by atoms with Crippen molar-refractivity contribution < 1.29 is 4.92 Å². The number of non-ortho nitro benzene ring substituents is 1. The van der Waals surface area contributed by atoms with Gasteiger partial charge in [0, 0.05) is 12.1 Å². The molecule has 1 aromatic rings. The van der Waals surface area contributed by atoms with Gasteiger partial charge in [0.2, 0.25) is 0 Å². The monoisotopic (exact) mass is 283 g/mol. The number of benzene rings is 1. The number of anilines is 1. The molecule has 0 aliphatic rings. The highest BCUT2D eigenvalue weighted by Crippen LogP contribution is 2.18. The SMILES string of the molecule is CCCC[S+](CCCC)Nc1ccc([N+](=O)[O-])cc1. The molecule has 0 spiro atoms. The molecule has 0 aliphatic carbocycles. The highest BCUT2D eigenvalue weighted by Gasteiger charge is 2.17. The van der Waals surface area contributed by atoms with Crippen LogP contribution in [-0.2, 0) is 11.1 Å². The maximum absolute atomic E-state index is 10.6. The van der Waals surface area contributed by atoms with Crippen LogP contribution < -0.4 is 4.72 Å².